The van der Waals surface area contributed by atoms with Crippen LogP contribution in [0.2, 0.25) is 0 Å². The van der Waals surface area contributed by atoms with Gasteiger partial charge >= 0.3 is 0 Å². The summed E-state index contributed by atoms with van der Waals surface area (Å²) in [5.41, 5.74) is 12.4. The van der Waals surface area contributed by atoms with E-state index in [0.29, 0.717) is 0 Å². The Hall–Kier alpha value is -5.86. The SMILES string of the molecule is c1ccc(-c2cccc(-n3c4ccccc4c4cc(-c5ccc6c7ccccc7n7c8ccccc8c5c67)ccc43)c2)cc1. The summed E-state index contributed by atoms with van der Waals surface area (Å²) in [6, 6.07) is 57.6. The lowest BCUT2D eigenvalue weighted by molar-refractivity contribution is 1.18. The number of nitrogens with zero attached hydrogens (tertiary/aromatic N) is 2. The highest BCUT2D eigenvalue weighted by Crippen LogP contribution is 2.44. The van der Waals surface area contributed by atoms with Crippen molar-refractivity contribution < 1.29 is 0 Å². The third kappa shape index (κ3) is 3.14. The fraction of sp³-hybridized carbons (Fsp3) is 0. The molecule has 2 nitrogen and oxygen atoms in total. The van der Waals surface area contributed by atoms with Crippen LogP contribution in [0.5, 0.6) is 0 Å². The van der Waals surface area contributed by atoms with Gasteiger partial charge in [-0.25, -0.2) is 0 Å². The molecule has 7 aromatic carbocycles. The third-order valence-corrected chi connectivity index (χ3v) is 9.45. The van der Waals surface area contributed by atoms with Crippen molar-refractivity contribution in [3.63, 3.8) is 0 Å². The number of fused-ring (bicyclic) bond motifs is 9. The fourth-order valence-corrected chi connectivity index (χ4v) is 7.57. The monoisotopic (exact) mass is 558 g/mol. The van der Waals surface area contributed by atoms with Crippen molar-refractivity contribution in [3.05, 3.63) is 158 Å². The number of rotatable bonds is 3. The number of para-hydroxylation sites is 3. The second-order valence-corrected chi connectivity index (χ2v) is 11.8. The van der Waals surface area contributed by atoms with Crippen molar-refractivity contribution in [3.8, 4) is 27.9 Å². The predicted octanol–water partition coefficient (Wildman–Crippen LogP) is 11.3. The fourth-order valence-electron chi connectivity index (χ4n) is 7.57. The number of aromatic nitrogens is 2. The standard InChI is InChI=1S/C42H26N2/c1-2-11-27(12-3-1)28-13-10-14-30(25-28)43-37-18-7-5-16-33(37)36-26-29(21-24-40(36)43)31-22-23-34-32-15-4-8-19-38(32)44-39-20-9-6-17-35(39)41(31)42(34)44/h1-26H. The molecule has 204 valence electrons. The van der Waals surface area contributed by atoms with Crippen LogP contribution >= 0.6 is 0 Å². The molecule has 0 atom stereocenters. The zero-order valence-corrected chi connectivity index (χ0v) is 23.9. The summed E-state index contributed by atoms with van der Waals surface area (Å²) in [6.45, 7) is 0. The van der Waals surface area contributed by atoms with E-state index in [-0.39, 0.29) is 0 Å². The van der Waals surface area contributed by atoms with Crippen molar-refractivity contribution in [1.82, 2.24) is 8.97 Å². The highest BCUT2D eigenvalue weighted by atomic mass is 15.0. The summed E-state index contributed by atoms with van der Waals surface area (Å²) in [7, 11) is 0. The van der Waals surface area contributed by atoms with Gasteiger partial charge in [-0.05, 0) is 64.7 Å². The molecule has 0 N–H and O–H groups in total. The molecule has 44 heavy (non-hydrogen) atoms. The Morgan fingerprint density at radius 2 is 0.977 bits per heavy atom. The van der Waals surface area contributed by atoms with Gasteiger partial charge < -0.3 is 8.97 Å². The van der Waals surface area contributed by atoms with E-state index in [0.717, 1.165) is 0 Å². The average Bonchev–Trinajstić information content (AvgIpc) is 3.74. The van der Waals surface area contributed by atoms with Crippen molar-refractivity contribution in [2.45, 2.75) is 0 Å². The number of hydrogen-bond acceptors (Lipinski definition) is 0. The molecule has 0 aliphatic rings. The molecule has 0 fully saturated rings. The van der Waals surface area contributed by atoms with Gasteiger partial charge in [0.05, 0.1) is 27.6 Å². The summed E-state index contributed by atoms with van der Waals surface area (Å²) in [5, 5.41) is 7.78. The molecule has 0 saturated carbocycles. The maximum Gasteiger partial charge on any atom is 0.0626 e. The van der Waals surface area contributed by atoms with Gasteiger partial charge in [-0.2, -0.15) is 0 Å². The summed E-state index contributed by atoms with van der Waals surface area (Å²) in [6.07, 6.45) is 0. The minimum absolute atomic E-state index is 1.17. The molecule has 3 heterocycles. The molecule has 0 radical (unpaired) electrons. The van der Waals surface area contributed by atoms with Gasteiger partial charge in [0.25, 0.3) is 0 Å². The largest absolute Gasteiger partial charge is 0.309 e. The van der Waals surface area contributed by atoms with E-state index in [9.17, 15) is 0 Å². The Labute approximate surface area is 254 Å². The van der Waals surface area contributed by atoms with E-state index in [1.54, 1.807) is 0 Å². The van der Waals surface area contributed by atoms with Gasteiger partial charge in [0.2, 0.25) is 0 Å². The van der Waals surface area contributed by atoms with Crippen molar-refractivity contribution >= 4 is 59.9 Å². The van der Waals surface area contributed by atoms with E-state index >= 15 is 0 Å². The smallest absolute Gasteiger partial charge is 0.0626 e. The number of hydrogen-bond donors (Lipinski definition) is 0. The Balaban J connectivity index is 1.25. The Morgan fingerprint density at radius 3 is 1.80 bits per heavy atom. The summed E-state index contributed by atoms with van der Waals surface area (Å²) >= 11 is 0. The van der Waals surface area contributed by atoms with Gasteiger partial charge in [0, 0.05) is 38.0 Å². The molecule has 0 unspecified atom stereocenters. The zero-order valence-electron chi connectivity index (χ0n) is 23.9. The summed E-state index contributed by atoms with van der Waals surface area (Å²) < 4.78 is 4.87. The molecule has 0 bridgehead atoms. The van der Waals surface area contributed by atoms with Crippen LogP contribution in [0.25, 0.3) is 87.8 Å². The summed E-state index contributed by atoms with van der Waals surface area (Å²) in [4.78, 5) is 0. The Kier molecular flexibility index (Phi) is 4.75. The molecule has 0 amide bonds. The van der Waals surface area contributed by atoms with Crippen LogP contribution in [0.1, 0.15) is 0 Å². The van der Waals surface area contributed by atoms with Crippen LogP contribution in [-0.2, 0) is 0 Å². The van der Waals surface area contributed by atoms with E-state index in [4.69, 9.17) is 0 Å². The first-order chi connectivity index (χ1) is 21.8. The van der Waals surface area contributed by atoms with Crippen LogP contribution in [0.4, 0.5) is 0 Å². The minimum atomic E-state index is 1.17. The molecule has 0 saturated heterocycles. The lowest BCUT2D eigenvalue weighted by Crippen LogP contribution is -1.94. The minimum Gasteiger partial charge on any atom is -0.309 e. The Bertz CT molecular complexity index is 2710. The second-order valence-electron chi connectivity index (χ2n) is 11.8. The quantitative estimate of drug-likeness (QED) is 0.204. The van der Waals surface area contributed by atoms with Gasteiger partial charge in [-0.1, -0.05) is 115 Å². The van der Waals surface area contributed by atoms with E-state index in [2.05, 4.69) is 167 Å². The van der Waals surface area contributed by atoms with E-state index in [1.807, 2.05) is 0 Å². The van der Waals surface area contributed by atoms with Crippen molar-refractivity contribution in [2.75, 3.05) is 0 Å². The van der Waals surface area contributed by atoms with Crippen molar-refractivity contribution in [1.29, 1.82) is 0 Å². The van der Waals surface area contributed by atoms with Crippen LogP contribution in [0.3, 0.4) is 0 Å². The highest BCUT2D eigenvalue weighted by molar-refractivity contribution is 6.27. The maximum absolute atomic E-state index is 2.46. The van der Waals surface area contributed by atoms with E-state index in [1.165, 1.54) is 87.8 Å². The Morgan fingerprint density at radius 1 is 0.341 bits per heavy atom. The first-order valence-corrected chi connectivity index (χ1v) is 15.2. The maximum atomic E-state index is 2.46. The van der Waals surface area contributed by atoms with Crippen molar-refractivity contribution in [2.24, 2.45) is 0 Å². The van der Waals surface area contributed by atoms with Gasteiger partial charge in [0.1, 0.15) is 0 Å². The molecule has 0 aliphatic heterocycles. The second kappa shape index (κ2) is 8.82. The molecule has 10 rings (SSSR count). The van der Waals surface area contributed by atoms with Crippen LogP contribution < -0.4 is 0 Å². The molecule has 3 aromatic heterocycles. The zero-order chi connectivity index (χ0) is 28.8. The molecule has 0 aliphatic carbocycles. The molecular weight excluding hydrogens is 532 g/mol. The van der Waals surface area contributed by atoms with E-state index < -0.39 is 0 Å². The predicted molar refractivity (Wildman–Crippen MR) is 186 cm³/mol. The number of benzene rings is 7. The molecule has 2 heteroatoms. The lowest BCUT2D eigenvalue weighted by atomic mass is 9.96. The third-order valence-electron chi connectivity index (χ3n) is 9.45. The molecule has 10 aromatic rings. The van der Waals surface area contributed by atoms with Crippen LogP contribution in [0, 0.1) is 0 Å². The molecular formula is C42H26N2. The molecule has 0 spiro atoms. The van der Waals surface area contributed by atoms with Gasteiger partial charge in [-0.3, -0.25) is 0 Å². The summed E-state index contributed by atoms with van der Waals surface area (Å²) in [5.74, 6) is 0. The first kappa shape index (κ1) is 23.7. The van der Waals surface area contributed by atoms with Crippen LogP contribution in [-0.4, -0.2) is 8.97 Å². The van der Waals surface area contributed by atoms with Gasteiger partial charge in [-0.15, -0.1) is 0 Å². The topological polar surface area (TPSA) is 9.34 Å². The lowest BCUT2D eigenvalue weighted by Gasteiger charge is -2.11. The highest BCUT2D eigenvalue weighted by Gasteiger charge is 2.21. The van der Waals surface area contributed by atoms with Crippen LogP contribution in [0.15, 0.2) is 158 Å². The normalized spacial score (nSPS) is 12.1. The average molecular weight is 559 g/mol. The van der Waals surface area contributed by atoms with Gasteiger partial charge in [0.15, 0.2) is 0 Å². The first-order valence-electron chi connectivity index (χ1n) is 15.2.